The number of aromatic nitrogens is 2. The highest BCUT2D eigenvalue weighted by Gasteiger charge is 2.05. The number of nitrogens with one attached hydrogen (secondary N) is 2. The summed E-state index contributed by atoms with van der Waals surface area (Å²) in [4.78, 5) is 19.8. The standard InChI is InChI=1S/C20H20N4O2/c1-13-4-3-5-15(10-13)12-21-20-22-14(2)11-18(24-20)23-17-8-6-16(7-9-17)19(25)26/h3-11H,12H2,1-2H3,(H,25,26)(H2,21,22,23,24). The molecule has 0 fully saturated rings. The number of aryl methyl sites for hydroxylation is 2. The molecule has 26 heavy (non-hydrogen) atoms. The molecule has 1 heterocycles. The number of carbonyl (C=O) groups is 1. The number of benzene rings is 2. The van der Waals surface area contributed by atoms with Gasteiger partial charge in [0, 0.05) is 24.0 Å². The maximum atomic E-state index is 10.9. The lowest BCUT2D eigenvalue weighted by Gasteiger charge is -2.10. The Labute approximate surface area is 152 Å². The molecule has 0 saturated carbocycles. The highest BCUT2D eigenvalue weighted by atomic mass is 16.4. The smallest absolute Gasteiger partial charge is 0.335 e. The van der Waals surface area contributed by atoms with Crippen LogP contribution in [-0.2, 0) is 6.54 Å². The van der Waals surface area contributed by atoms with E-state index in [1.54, 1.807) is 24.3 Å². The minimum atomic E-state index is -0.947. The van der Waals surface area contributed by atoms with Crippen molar-refractivity contribution in [1.29, 1.82) is 0 Å². The van der Waals surface area contributed by atoms with Gasteiger partial charge in [0.2, 0.25) is 5.95 Å². The Balaban J connectivity index is 1.71. The summed E-state index contributed by atoms with van der Waals surface area (Å²) in [6.45, 7) is 4.60. The van der Waals surface area contributed by atoms with Crippen LogP contribution in [0.15, 0.2) is 54.6 Å². The van der Waals surface area contributed by atoms with Crippen LogP contribution in [0.5, 0.6) is 0 Å². The van der Waals surface area contributed by atoms with Gasteiger partial charge in [-0.15, -0.1) is 0 Å². The van der Waals surface area contributed by atoms with E-state index in [0.29, 0.717) is 18.3 Å². The molecule has 3 N–H and O–H groups in total. The Morgan fingerprint density at radius 1 is 1.04 bits per heavy atom. The van der Waals surface area contributed by atoms with Crippen LogP contribution in [0.1, 0.15) is 27.2 Å². The summed E-state index contributed by atoms with van der Waals surface area (Å²) in [6.07, 6.45) is 0. The third-order valence-corrected chi connectivity index (χ3v) is 3.79. The zero-order valence-electron chi connectivity index (χ0n) is 14.7. The lowest BCUT2D eigenvalue weighted by atomic mass is 10.1. The number of carboxylic acids is 1. The van der Waals surface area contributed by atoms with Gasteiger partial charge in [0.05, 0.1) is 5.56 Å². The summed E-state index contributed by atoms with van der Waals surface area (Å²) in [6, 6.07) is 16.6. The summed E-state index contributed by atoms with van der Waals surface area (Å²) in [5.74, 6) is 0.237. The molecule has 0 amide bonds. The number of anilines is 3. The van der Waals surface area contributed by atoms with E-state index in [9.17, 15) is 4.79 Å². The van der Waals surface area contributed by atoms with Crippen molar-refractivity contribution in [3.63, 3.8) is 0 Å². The predicted octanol–water partition coefficient (Wildman–Crippen LogP) is 4.15. The van der Waals surface area contributed by atoms with Gasteiger partial charge in [0.1, 0.15) is 5.82 Å². The molecule has 0 atom stereocenters. The van der Waals surface area contributed by atoms with E-state index in [1.165, 1.54) is 5.56 Å². The van der Waals surface area contributed by atoms with Crippen molar-refractivity contribution in [2.75, 3.05) is 10.6 Å². The highest BCUT2D eigenvalue weighted by Crippen LogP contribution is 2.18. The highest BCUT2D eigenvalue weighted by molar-refractivity contribution is 5.88. The van der Waals surface area contributed by atoms with Crippen LogP contribution < -0.4 is 10.6 Å². The van der Waals surface area contributed by atoms with Crippen molar-refractivity contribution in [2.24, 2.45) is 0 Å². The van der Waals surface area contributed by atoms with E-state index in [0.717, 1.165) is 16.9 Å². The van der Waals surface area contributed by atoms with Crippen LogP contribution in [0.25, 0.3) is 0 Å². The number of nitrogens with zero attached hydrogens (tertiary/aromatic N) is 2. The molecule has 2 aromatic carbocycles. The maximum absolute atomic E-state index is 10.9. The third kappa shape index (κ3) is 4.57. The predicted molar refractivity (Wildman–Crippen MR) is 102 cm³/mol. The molecule has 0 unspecified atom stereocenters. The Bertz CT molecular complexity index is 923. The lowest BCUT2D eigenvalue weighted by molar-refractivity contribution is 0.0697. The second-order valence-electron chi connectivity index (χ2n) is 6.07. The monoisotopic (exact) mass is 348 g/mol. The minimum Gasteiger partial charge on any atom is -0.478 e. The Kier molecular flexibility index (Phi) is 5.12. The van der Waals surface area contributed by atoms with Gasteiger partial charge in [-0.25, -0.2) is 9.78 Å². The van der Waals surface area contributed by atoms with Crippen LogP contribution in [-0.4, -0.2) is 21.0 Å². The number of hydrogen-bond acceptors (Lipinski definition) is 5. The Morgan fingerprint density at radius 3 is 2.50 bits per heavy atom. The summed E-state index contributed by atoms with van der Waals surface area (Å²) in [5, 5.41) is 15.4. The van der Waals surface area contributed by atoms with Gasteiger partial charge in [-0.05, 0) is 43.7 Å². The van der Waals surface area contributed by atoms with Gasteiger partial charge in [0.15, 0.2) is 0 Å². The zero-order valence-corrected chi connectivity index (χ0v) is 14.7. The third-order valence-electron chi connectivity index (χ3n) is 3.79. The summed E-state index contributed by atoms with van der Waals surface area (Å²) < 4.78 is 0. The van der Waals surface area contributed by atoms with E-state index in [2.05, 4.69) is 45.7 Å². The number of rotatable bonds is 6. The van der Waals surface area contributed by atoms with Crippen molar-refractivity contribution in [1.82, 2.24) is 9.97 Å². The molecule has 0 saturated heterocycles. The zero-order chi connectivity index (χ0) is 18.5. The largest absolute Gasteiger partial charge is 0.478 e. The van der Waals surface area contributed by atoms with Gasteiger partial charge in [0.25, 0.3) is 0 Å². The van der Waals surface area contributed by atoms with Crippen LogP contribution in [0.4, 0.5) is 17.5 Å². The average Bonchev–Trinajstić information content (AvgIpc) is 2.60. The van der Waals surface area contributed by atoms with Crippen molar-refractivity contribution >= 4 is 23.4 Å². The number of hydrogen-bond donors (Lipinski definition) is 3. The fraction of sp³-hybridized carbons (Fsp3) is 0.150. The van der Waals surface area contributed by atoms with Crippen LogP contribution in [0.3, 0.4) is 0 Å². The summed E-state index contributed by atoms with van der Waals surface area (Å²) >= 11 is 0. The molecule has 3 aromatic rings. The molecule has 0 aliphatic carbocycles. The Morgan fingerprint density at radius 2 is 1.81 bits per heavy atom. The topological polar surface area (TPSA) is 87.1 Å². The first kappa shape index (κ1) is 17.4. The molecular formula is C20H20N4O2. The van der Waals surface area contributed by atoms with E-state index in [1.807, 2.05) is 19.1 Å². The second-order valence-corrected chi connectivity index (χ2v) is 6.07. The number of aromatic carboxylic acids is 1. The average molecular weight is 348 g/mol. The van der Waals surface area contributed by atoms with Crippen LogP contribution in [0.2, 0.25) is 0 Å². The maximum Gasteiger partial charge on any atom is 0.335 e. The second kappa shape index (κ2) is 7.65. The van der Waals surface area contributed by atoms with E-state index < -0.39 is 5.97 Å². The molecule has 1 aromatic heterocycles. The first-order valence-corrected chi connectivity index (χ1v) is 8.25. The normalized spacial score (nSPS) is 10.4. The van der Waals surface area contributed by atoms with Gasteiger partial charge in [-0.1, -0.05) is 29.8 Å². The SMILES string of the molecule is Cc1cccc(CNc2nc(C)cc(Nc3ccc(C(=O)O)cc3)n2)c1. The van der Waals surface area contributed by atoms with E-state index in [4.69, 9.17) is 5.11 Å². The molecule has 3 rings (SSSR count). The summed E-state index contributed by atoms with van der Waals surface area (Å²) in [5.41, 5.74) is 4.21. The molecule has 0 bridgehead atoms. The molecule has 0 aliphatic heterocycles. The first-order valence-electron chi connectivity index (χ1n) is 8.25. The summed E-state index contributed by atoms with van der Waals surface area (Å²) in [7, 11) is 0. The molecular weight excluding hydrogens is 328 g/mol. The first-order chi connectivity index (χ1) is 12.5. The minimum absolute atomic E-state index is 0.245. The fourth-order valence-corrected chi connectivity index (χ4v) is 2.56. The van der Waals surface area contributed by atoms with Crippen molar-refractivity contribution in [3.05, 3.63) is 77.0 Å². The quantitative estimate of drug-likeness (QED) is 0.620. The Hall–Kier alpha value is -3.41. The molecule has 0 radical (unpaired) electrons. The molecule has 6 nitrogen and oxygen atoms in total. The molecule has 0 spiro atoms. The van der Waals surface area contributed by atoms with Crippen molar-refractivity contribution in [3.8, 4) is 0 Å². The van der Waals surface area contributed by atoms with E-state index >= 15 is 0 Å². The van der Waals surface area contributed by atoms with Crippen LogP contribution in [0, 0.1) is 13.8 Å². The van der Waals surface area contributed by atoms with Gasteiger partial charge in [-0.2, -0.15) is 4.98 Å². The lowest BCUT2D eigenvalue weighted by Crippen LogP contribution is -2.06. The molecule has 132 valence electrons. The molecule has 6 heteroatoms. The van der Waals surface area contributed by atoms with Crippen molar-refractivity contribution in [2.45, 2.75) is 20.4 Å². The van der Waals surface area contributed by atoms with Crippen molar-refractivity contribution < 1.29 is 9.90 Å². The number of carboxylic acid groups (broad SMARTS) is 1. The van der Waals surface area contributed by atoms with Gasteiger partial charge in [-0.3, -0.25) is 0 Å². The van der Waals surface area contributed by atoms with Gasteiger partial charge < -0.3 is 15.7 Å². The van der Waals surface area contributed by atoms with E-state index in [-0.39, 0.29) is 5.56 Å². The van der Waals surface area contributed by atoms with Gasteiger partial charge >= 0.3 is 5.97 Å². The van der Waals surface area contributed by atoms with Crippen LogP contribution >= 0.6 is 0 Å². The molecule has 0 aliphatic rings. The fourth-order valence-electron chi connectivity index (χ4n) is 2.56.